The summed E-state index contributed by atoms with van der Waals surface area (Å²) in [6, 6.07) is 11.2. The number of hydrogen-bond acceptors (Lipinski definition) is 8. The van der Waals surface area contributed by atoms with Crippen molar-refractivity contribution in [3.8, 4) is 17.2 Å². The molecule has 0 bridgehead atoms. The fraction of sp³-hybridized carbons (Fsp3) is 0.452. The molecule has 226 valence electrons. The minimum atomic E-state index is -0.787. The first-order valence-corrected chi connectivity index (χ1v) is 14.1. The largest absolute Gasteiger partial charge is 0.497 e. The van der Waals surface area contributed by atoms with Crippen molar-refractivity contribution in [1.29, 1.82) is 0 Å². The molecule has 11 nitrogen and oxygen atoms in total. The number of urea groups is 1. The lowest BCUT2D eigenvalue weighted by molar-refractivity contribution is -0.139. The summed E-state index contributed by atoms with van der Waals surface area (Å²) >= 11 is 0. The maximum atomic E-state index is 13.5. The van der Waals surface area contributed by atoms with E-state index in [1.807, 2.05) is 18.7 Å². The van der Waals surface area contributed by atoms with E-state index in [0.717, 1.165) is 0 Å². The Bertz CT molecular complexity index is 1330. The summed E-state index contributed by atoms with van der Waals surface area (Å²) in [4.78, 5) is 45.8. The molecule has 11 heteroatoms. The van der Waals surface area contributed by atoms with E-state index in [4.69, 9.17) is 18.9 Å². The Hall–Kier alpha value is -4.25. The number of rotatable bonds is 10. The average molecular weight is 581 g/mol. The van der Waals surface area contributed by atoms with Gasteiger partial charge in [-0.15, -0.1) is 0 Å². The van der Waals surface area contributed by atoms with Crippen molar-refractivity contribution < 1.29 is 33.3 Å². The molecule has 1 fully saturated rings. The summed E-state index contributed by atoms with van der Waals surface area (Å²) in [5.74, 6) is 1.21. The molecule has 1 saturated heterocycles. The van der Waals surface area contributed by atoms with Crippen LogP contribution in [-0.4, -0.2) is 99.3 Å². The second-order valence-corrected chi connectivity index (χ2v) is 10.1. The van der Waals surface area contributed by atoms with Crippen LogP contribution in [0.2, 0.25) is 0 Å². The molecule has 0 aromatic heterocycles. The van der Waals surface area contributed by atoms with Gasteiger partial charge in [0.2, 0.25) is 0 Å². The summed E-state index contributed by atoms with van der Waals surface area (Å²) in [5.41, 5.74) is 2.14. The molecule has 2 aliphatic rings. The number of amides is 3. The Morgan fingerprint density at radius 2 is 1.64 bits per heavy atom. The summed E-state index contributed by atoms with van der Waals surface area (Å²) in [7, 11) is 4.68. The van der Waals surface area contributed by atoms with E-state index < -0.39 is 12.0 Å². The number of esters is 1. The number of nitrogens with one attached hydrogen (secondary N) is 1. The molecule has 2 heterocycles. The first kappa shape index (κ1) is 30.7. The Kier molecular flexibility index (Phi) is 9.95. The SMILES string of the molecule is CCOC(=O)C1=C(CN2CCN(C(=O)c3ccc(OC)cc3)C(C)C2)N(CC)C(=O)NC1c1ccc(OC)cc1OC. The highest BCUT2D eigenvalue weighted by Gasteiger charge is 2.40. The molecule has 2 aliphatic heterocycles. The van der Waals surface area contributed by atoms with Crippen molar-refractivity contribution >= 4 is 17.9 Å². The minimum absolute atomic E-state index is 0.0462. The maximum Gasteiger partial charge on any atom is 0.338 e. The van der Waals surface area contributed by atoms with E-state index in [-0.39, 0.29) is 24.6 Å². The molecule has 0 saturated carbocycles. The first-order chi connectivity index (χ1) is 20.3. The van der Waals surface area contributed by atoms with E-state index >= 15 is 0 Å². The molecule has 2 unspecified atom stereocenters. The van der Waals surface area contributed by atoms with Crippen LogP contribution in [0.4, 0.5) is 4.79 Å². The number of carbonyl (C=O) groups excluding carboxylic acids is 3. The highest BCUT2D eigenvalue weighted by molar-refractivity contribution is 5.96. The lowest BCUT2D eigenvalue weighted by Gasteiger charge is -2.43. The van der Waals surface area contributed by atoms with Crippen LogP contribution in [0.5, 0.6) is 17.2 Å². The van der Waals surface area contributed by atoms with Gasteiger partial charge in [0.05, 0.1) is 39.6 Å². The van der Waals surface area contributed by atoms with Crippen molar-refractivity contribution in [1.82, 2.24) is 20.0 Å². The van der Waals surface area contributed by atoms with Gasteiger partial charge in [-0.1, -0.05) is 0 Å². The third-order valence-electron chi connectivity index (χ3n) is 7.68. The predicted molar refractivity (Wildman–Crippen MR) is 157 cm³/mol. The maximum absolute atomic E-state index is 13.5. The molecular weight excluding hydrogens is 540 g/mol. The number of benzene rings is 2. The fourth-order valence-electron chi connectivity index (χ4n) is 5.54. The van der Waals surface area contributed by atoms with Crippen LogP contribution >= 0.6 is 0 Å². The lowest BCUT2D eigenvalue weighted by atomic mass is 9.93. The van der Waals surface area contributed by atoms with Gasteiger partial charge in [-0.05, 0) is 57.2 Å². The smallest absolute Gasteiger partial charge is 0.338 e. The van der Waals surface area contributed by atoms with Crippen LogP contribution in [-0.2, 0) is 9.53 Å². The molecule has 4 rings (SSSR count). The van der Waals surface area contributed by atoms with E-state index in [1.165, 1.54) is 7.11 Å². The average Bonchev–Trinajstić information content (AvgIpc) is 3.00. The van der Waals surface area contributed by atoms with Crippen LogP contribution in [0.1, 0.15) is 42.7 Å². The van der Waals surface area contributed by atoms with Gasteiger partial charge >= 0.3 is 12.0 Å². The summed E-state index contributed by atoms with van der Waals surface area (Å²) < 4.78 is 21.7. The monoisotopic (exact) mass is 580 g/mol. The van der Waals surface area contributed by atoms with Gasteiger partial charge in [-0.2, -0.15) is 0 Å². The minimum Gasteiger partial charge on any atom is -0.497 e. The molecule has 0 radical (unpaired) electrons. The van der Waals surface area contributed by atoms with Crippen LogP contribution in [0, 0.1) is 0 Å². The van der Waals surface area contributed by atoms with Crippen LogP contribution in [0.15, 0.2) is 53.7 Å². The first-order valence-electron chi connectivity index (χ1n) is 14.1. The number of nitrogens with zero attached hydrogens (tertiary/aromatic N) is 3. The van der Waals surface area contributed by atoms with Crippen molar-refractivity contribution in [2.75, 3.05) is 60.7 Å². The van der Waals surface area contributed by atoms with E-state index in [9.17, 15) is 14.4 Å². The quantitative estimate of drug-likeness (QED) is 0.426. The fourth-order valence-corrected chi connectivity index (χ4v) is 5.54. The second kappa shape index (κ2) is 13.6. The van der Waals surface area contributed by atoms with Gasteiger partial charge in [-0.3, -0.25) is 14.6 Å². The molecule has 0 aliphatic carbocycles. The summed E-state index contributed by atoms with van der Waals surface area (Å²) in [5, 5.41) is 2.99. The summed E-state index contributed by atoms with van der Waals surface area (Å²) in [6.07, 6.45) is 0. The molecule has 3 amide bonds. The van der Waals surface area contributed by atoms with E-state index in [1.54, 1.807) is 68.5 Å². The number of likely N-dealkylation sites (N-methyl/N-ethyl adjacent to an activating group) is 1. The van der Waals surface area contributed by atoms with Gasteiger partial charge in [0.25, 0.3) is 5.91 Å². The predicted octanol–water partition coefficient (Wildman–Crippen LogP) is 3.46. The molecule has 2 atom stereocenters. The third-order valence-corrected chi connectivity index (χ3v) is 7.68. The lowest BCUT2D eigenvalue weighted by Crippen LogP contribution is -2.56. The molecule has 0 spiro atoms. The van der Waals surface area contributed by atoms with E-state index in [0.29, 0.717) is 72.4 Å². The Morgan fingerprint density at radius 3 is 2.24 bits per heavy atom. The number of methoxy groups -OCH3 is 3. The van der Waals surface area contributed by atoms with Gasteiger partial charge in [0.15, 0.2) is 0 Å². The Balaban J connectivity index is 1.65. The molecule has 1 N–H and O–H groups in total. The van der Waals surface area contributed by atoms with Crippen LogP contribution in [0.25, 0.3) is 0 Å². The zero-order chi connectivity index (χ0) is 30.4. The number of hydrogen-bond donors (Lipinski definition) is 1. The zero-order valence-electron chi connectivity index (χ0n) is 25.1. The van der Waals surface area contributed by atoms with E-state index in [2.05, 4.69) is 10.2 Å². The molecule has 2 aromatic rings. The highest BCUT2D eigenvalue weighted by atomic mass is 16.5. The Morgan fingerprint density at radius 1 is 0.952 bits per heavy atom. The normalized spacial score (nSPS) is 19.3. The number of piperazine rings is 1. The van der Waals surface area contributed by atoms with Crippen LogP contribution in [0.3, 0.4) is 0 Å². The topological polar surface area (TPSA) is 110 Å². The van der Waals surface area contributed by atoms with Crippen molar-refractivity contribution in [2.24, 2.45) is 0 Å². The number of carbonyl (C=O) groups is 3. The molecule has 42 heavy (non-hydrogen) atoms. The van der Waals surface area contributed by atoms with Crippen LogP contribution < -0.4 is 19.5 Å². The third kappa shape index (κ3) is 6.30. The zero-order valence-corrected chi connectivity index (χ0v) is 25.1. The van der Waals surface area contributed by atoms with Gasteiger partial charge < -0.3 is 29.2 Å². The summed E-state index contributed by atoms with van der Waals surface area (Å²) in [6.45, 7) is 8.14. The van der Waals surface area contributed by atoms with Crippen molar-refractivity contribution in [3.05, 3.63) is 64.9 Å². The van der Waals surface area contributed by atoms with Gasteiger partial charge in [-0.25, -0.2) is 9.59 Å². The van der Waals surface area contributed by atoms with Gasteiger partial charge in [0, 0.05) is 61.7 Å². The van der Waals surface area contributed by atoms with Crippen molar-refractivity contribution in [3.63, 3.8) is 0 Å². The molecular formula is C31H40N4O7. The van der Waals surface area contributed by atoms with Crippen molar-refractivity contribution in [2.45, 2.75) is 32.9 Å². The highest BCUT2D eigenvalue weighted by Crippen LogP contribution is 2.38. The number of ether oxygens (including phenoxy) is 4. The molecule has 2 aromatic carbocycles. The second-order valence-electron chi connectivity index (χ2n) is 10.1. The standard InChI is InChI=1S/C31H40N4O7/c1-7-34-25(19-33-15-16-35(20(3)18-33)29(36)21-9-11-22(39-4)12-10-21)27(30(37)42-8-2)28(32-31(34)38)24-14-13-23(40-5)17-26(24)41-6/h9-14,17,20,28H,7-8,15-16,18-19H2,1-6H3,(H,32,38). The van der Waals surface area contributed by atoms with Gasteiger partial charge in [0.1, 0.15) is 17.2 Å². The Labute approximate surface area is 246 Å².